The van der Waals surface area contributed by atoms with Gasteiger partial charge in [0.05, 0.1) is 11.8 Å². The molecule has 1 N–H and O–H groups in total. The second-order valence-electron chi connectivity index (χ2n) is 6.61. The van der Waals surface area contributed by atoms with Gasteiger partial charge in [0.25, 0.3) is 5.91 Å². The number of carbonyl (C=O) groups is 1. The molecule has 1 spiro atoms. The molecule has 2 saturated heterocycles. The number of anilines is 1. The van der Waals surface area contributed by atoms with Crippen molar-refractivity contribution in [2.75, 3.05) is 25.0 Å². The number of likely N-dealkylation sites (tertiary alicyclic amines) is 1. The lowest BCUT2D eigenvalue weighted by atomic mass is 9.82. The van der Waals surface area contributed by atoms with Crippen LogP contribution in [0.25, 0.3) is 0 Å². The van der Waals surface area contributed by atoms with Crippen LogP contribution in [0.3, 0.4) is 0 Å². The first-order valence-electron chi connectivity index (χ1n) is 8.62. The number of carbonyl (C=O) groups excluding carboxylic acids is 1. The van der Waals surface area contributed by atoms with Gasteiger partial charge in [0, 0.05) is 44.2 Å². The van der Waals surface area contributed by atoms with Crippen molar-refractivity contribution in [3.63, 3.8) is 0 Å². The molecule has 8 heteroatoms. The summed E-state index contributed by atoms with van der Waals surface area (Å²) in [6.07, 6.45) is 8.43. The van der Waals surface area contributed by atoms with Crippen LogP contribution >= 0.6 is 0 Å². The molecular weight excluding hydrogens is 322 g/mol. The Labute approximate surface area is 145 Å². The molecule has 132 valence electrons. The van der Waals surface area contributed by atoms with E-state index in [-0.39, 0.29) is 17.6 Å². The Morgan fingerprint density at radius 1 is 1.24 bits per heavy atom. The first-order chi connectivity index (χ1) is 12.2. The predicted molar refractivity (Wildman–Crippen MR) is 89.0 cm³/mol. The molecule has 1 atom stereocenters. The van der Waals surface area contributed by atoms with Gasteiger partial charge in [-0.1, -0.05) is 5.16 Å². The van der Waals surface area contributed by atoms with Crippen molar-refractivity contribution in [2.24, 2.45) is 0 Å². The molecule has 0 radical (unpaired) electrons. The van der Waals surface area contributed by atoms with Crippen molar-refractivity contribution >= 4 is 11.9 Å². The van der Waals surface area contributed by atoms with Crippen LogP contribution in [0, 0.1) is 0 Å². The summed E-state index contributed by atoms with van der Waals surface area (Å²) in [6.45, 7) is 2.03. The van der Waals surface area contributed by atoms with Gasteiger partial charge in [-0.2, -0.15) is 0 Å². The van der Waals surface area contributed by atoms with Crippen LogP contribution in [-0.2, 0) is 4.74 Å². The molecule has 4 rings (SSSR count). The summed E-state index contributed by atoms with van der Waals surface area (Å²) in [7, 11) is 0. The van der Waals surface area contributed by atoms with Gasteiger partial charge in [-0.05, 0) is 31.7 Å². The topological polar surface area (TPSA) is 93.4 Å². The average Bonchev–Trinajstić information content (AvgIpc) is 3.18. The number of aromatic nitrogens is 3. The number of amides is 1. The molecule has 2 aromatic rings. The molecule has 4 heterocycles. The maximum absolute atomic E-state index is 12.4. The van der Waals surface area contributed by atoms with Crippen LogP contribution in [0.2, 0.25) is 0 Å². The molecule has 2 aliphatic rings. The number of hydrogen-bond acceptors (Lipinski definition) is 7. The average molecular weight is 343 g/mol. The molecule has 0 saturated carbocycles. The van der Waals surface area contributed by atoms with Crippen LogP contribution in [-0.4, -0.2) is 57.3 Å². The maximum Gasteiger partial charge on any atom is 0.292 e. The van der Waals surface area contributed by atoms with Crippen LogP contribution in [0.15, 0.2) is 35.2 Å². The standard InChI is InChI=1S/C17H21N5O3/c23-15(14-2-8-20-25-14)22-9-4-17(5-10-22)12-13(3-11-24-17)21-16-18-6-1-7-19-16/h1-2,6-8,13H,3-5,9-12H2,(H,18,19,21). The summed E-state index contributed by atoms with van der Waals surface area (Å²) < 4.78 is 11.1. The molecule has 0 bridgehead atoms. The lowest BCUT2D eigenvalue weighted by Gasteiger charge is -2.46. The second kappa shape index (κ2) is 6.79. The van der Waals surface area contributed by atoms with Crippen molar-refractivity contribution in [2.45, 2.75) is 37.3 Å². The zero-order chi connectivity index (χ0) is 17.1. The molecule has 8 nitrogen and oxygen atoms in total. The molecule has 0 aromatic carbocycles. The van der Waals surface area contributed by atoms with Crippen LogP contribution < -0.4 is 5.32 Å². The monoisotopic (exact) mass is 343 g/mol. The highest BCUT2D eigenvalue weighted by molar-refractivity contribution is 5.91. The Kier molecular flexibility index (Phi) is 4.35. The summed E-state index contributed by atoms with van der Waals surface area (Å²) in [5.41, 5.74) is -0.178. The largest absolute Gasteiger partial charge is 0.375 e. The van der Waals surface area contributed by atoms with Gasteiger partial charge >= 0.3 is 0 Å². The number of nitrogens with zero attached hydrogens (tertiary/aromatic N) is 4. The van der Waals surface area contributed by atoms with Gasteiger partial charge in [0.15, 0.2) is 0 Å². The van der Waals surface area contributed by atoms with Gasteiger partial charge in [0.2, 0.25) is 11.7 Å². The molecule has 2 fully saturated rings. The number of hydrogen-bond donors (Lipinski definition) is 1. The van der Waals surface area contributed by atoms with Crippen LogP contribution in [0.5, 0.6) is 0 Å². The Hall–Kier alpha value is -2.48. The van der Waals surface area contributed by atoms with Crippen molar-refractivity contribution in [3.8, 4) is 0 Å². The third-order valence-electron chi connectivity index (χ3n) is 5.00. The number of rotatable bonds is 3. The molecule has 25 heavy (non-hydrogen) atoms. The quantitative estimate of drug-likeness (QED) is 0.907. The summed E-state index contributed by atoms with van der Waals surface area (Å²) >= 11 is 0. The van der Waals surface area contributed by atoms with Crippen molar-refractivity contribution in [1.29, 1.82) is 0 Å². The predicted octanol–water partition coefficient (Wildman–Crippen LogP) is 1.73. The number of piperidine rings is 1. The van der Waals surface area contributed by atoms with E-state index in [1.807, 2.05) is 4.90 Å². The first kappa shape index (κ1) is 16.0. The highest BCUT2D eigenvalue weighted by Crippen LogP contribution is 2.36. The van der Waals surface area contributed by atoms with E-state index in [9.17, 15) is 4.79 Å². The number of ether oxygens (including phenoxy) is 1. The number of nitrogens with one attached hydrogen (secondary N) is 1. The fraction of sp³-hybridized carbons (Fsp3) is 0.529. The van der Waals surface area contributed by atoms with E-state index in [1.165, 1.54) is 6.20 Å². The first-order valence-corrected chi connectivity index (χ1v) is 8.62. The van der Waals surface area contributed by atoms with Crippen molar-refractivity contribution < 1.29 is 14.1 Å². The smallest absolute Gasteiger partial charge is 0.292 e. The van der Waals surface area contributed by atoms with Gasteiger partial charge in [-0.25, -0.2) is 9.97 Å². The lowest BCUT2D eigenvalue weighted by molar-refractivity contribution is -0.110. The van der Waals surface area contributed by atoms with E-state index in [1.54, 1.807) is 24.5 Å². The Morgan fingerprint density at radius 3 is 2.76 bits per heavy atom. The Balaban J connectivity index is 1.36. The summed E-state index contributed by atoms with van der Waals surface area (Å²) in [4.78, 5) is 22.6. The highest BCUT2D eigenvalue weighted by atomic mass is 16.5. The fourth-order valence-electron chi connectivity index (χ4n) is 3.65. The van der Waals surface area contributed by atoms with Gasteiger partial charge in [-0.3, -0.25) is 4.79 Å². The normalized spacial score (nSPS) is 22.7. The van der Waals surface area contributed by atoms with E-state index in [4.69, 9.17) is 9.26 Å². The van der Waals surface area contributed by atoms with E-state index >= 15 is 0 Å². The van der Waals surface area contributed by atoms with Crippen LogP contribution in [0.1, 0.15) is 36.2 Å². The molecule has 0 aliphatic carbocycles. The fourth-order valence-corrected chi connectivity index (χ4v) is 3.65. The zero-order valence-corrected chi connectivity index (χ0v) is 13.9. The molecule has 2 aliphatic heterocycles. The molecule has 2 aromatic heterocycles. The zero-order valence-electron chi connectivity index (χ0n) is 13.9. The van der Waals surface area contributed by atoms with Gasteiger partial charge in [-0.15, -0.1) is 0 Å². The highest BCUT2D eigenvalue weighted by Gasteiger charge is 2.41. The SMILES string of the molecule is O=C(c1ccno1)N1CCC2(CC1)CC(Nc1ncccn1)CCO2. The third kappa shape index (κ3) is 3.48. The van der Waals surface area contributed by atoms with E-state index in [0.717, 1.165) is 25.7 Å². The Morgan fingerprint density at radius 2 is 2.04 bits per heavy atom. The van der Waals surface area contributed by atoms with Crippen LogP contribution in [0.4, 0.5) is 5.95 Å². The van der Waals surface area contributed by atoms with E-state index in [2.05, 4.69) is 20.4 Å². The van der Waals surface area contributed by atoms with E-state index in [0.29, 0.717) is 31.4 Å². The summed E-state index contributed by atoms with van der Waals surface area (Å²) in [5, 5.41) is 7.01. The maximum atomic E-state index is 12.4. The molecule has 1 unspecified atom stereocenters. The van der Waals surface area contributed by atoms with Gasteiger partial charge < -0.3 is 19.5 Å². The minimum Gasteiger partial charge on any atom is -0.375 e. The summed E-state index contributed by atoms with van der Waals surface area (Å²) in [6, 6.07) is 3.69. The summed E-state index contributed by atoms with van der Waals surface area (Å²) in [5.74, 6) is 0.847. The van der Waals surface area contributed by atoms with Crippen molar-refractivity contribution in [3.05, 3.63) is 36.5 Å². The minimum atomic E-state index is -0.178. The lowest BCUT2D eigenvalue weighted by Crippen LogP contribution is -2.52. The van der Waals surface area contributed by atoms with Gasteiger partial charge in [0.1, 0.15) is 0 Å². The second-order valence-corrected chi connectivity index (χ2v) is 6.61. The van der Waals surface area contributed by atoms with Crippen molar-refractivity contribution in [1.82, 2.24) is 20.0 Å². The molecular formula is C17H21N5O3. The van der Waals surface area contributed by atoms with E-state index < -0.39 is 0 Å². The minimum absolute atomic E-state index is 0.101. The third-order valence-corrected chi connectivity index (χ3v) is 5.00. The molecule has 1 amide bonds. The Bertz CT molecular complexity index is 698.